The first-order chi connectivity index (χ1) is 9.74. The first-order valence-corrected chi connectivity index (χ1v) is 7.02. The quantitative estimate of drug-likeness (QED) is 0.873. The van der Waals surface area contributed by atoms with Gasteiger partial charge in [-0.1, -0.05) is 24.3 Å². The van der Waals surface area contributed by atoms with Crippen LogP contribution < -0.4 is 10.6 Å². The molecule has 2 N–H and O–H groups in total. The van der Waals surface area contributed by atoms with Crippen LogP contribution >= 0.6 is 0 Å². The topological polar surface area (TPSA) is 29.3 Å². The highest BCUT2D eigenvalue weighted by Crippen LogP contribution is 2.19. The first kappa shape index (κ1) is 14.5. The molecule has 0 bridgehead atoms. The zero-order valence-electron chi connectivity index (χ0n) is 11.8. The standard InChI is InChI=1S/C17H21FN2/c1-2-20(17-9-7-16(18)8-10-17)13-15-6-4-3-5-14(15)11-12-19/h3-10H,2,11-13,19H2,1H3. The fourth-order valence-corrected chi connectivity index (χ4v) is 2.35. The summed E-state index contributed by atoms with van der Waals surface area (Å²) in [6.07, 6.45) is 0.886. The Labute approximate surface area is 120 Å². The van der Waals surface area contributed by atoms with Crippen molar-refractivity contribution in [3.63, 3.8) is 0 Å². The maximum atomic E-state index is 13.0. The minimum Gasteiger partial charge on any atom is -0.367 e. The number of hydrogen-bond donors (Lipinski definition) is 1. The molecule has 0 amide bonds. The molecule has 2 nitrogen and oxygen atoms in total. The summed E-state index contributed by atoms with van der Waals surface area (Å²) in [6.45, 7) is 4.45. The minimum absolute atomic E-state index is 0.201. The third-order valence-electron chi connectivity index (χ3n) is 3.47. The molecule has 2 aromatic rings. The fourth-order valence-electron chi connectivity index (χ4n) is 2.35. The smallest absolute Gasteiger partial charge is 0.123 e. The Bertz CT molecular complexity index is 537. The lowest BCUT2D eigenvalue weighted by Crippen LogP contribution is -2.23. The van der Waals surface area contributed by atoms with E-state index in [1.165, 1.54) is 23.3 Å². The SMILES string of the molecule is CCN(Cc1ccccc1CCN)c1ccc(F)cc1. The van der Waals surface area contributed by atoms with E-state index in [-0.39, 0.29) is 5.82 Å². The van der Waals surface area contributed by atoms with Gasteiger partial charge in [-0.05, 0) is 55.3 Å². The largest absolute Gasteiger partial charge is 0.367 e. The van der Waals surface area contributed by atoms with Crippen molar-refractivity contribution in [2.45, 2.75) is 19.9 Å². The molecule has 0 fully saturated rings. The van der Waals surface area contributed by atoms with Gasteiger partial charge in [0.1, 0.15) is 5.82 Å². The van der Waals surface area contributed by atoms with E-state index in [9.17, 15) is 4.39 Å². The van der Waals surface area contributed by atoms with Crippen molar-refractivity contribution in [3.05, 3.63) is 65.5 Å². The van der Waals surface area contributed by atoms with Gasteiger partial charge in [-0.15, -0.1) is 0 Å². The number of nitrogens with two attached hydrogens (primary N) is 1. The van der Waals surface area contributed by atoms with Gasteiger partial charge >= 0.3 is 0 Å². The predicted molar refractivity (Wildman–Crippen MR) is 82.3 cm³/mol. The Hall–Kier alpha value is -1.87. The highest BCUT2D eigenvalue weighted by atomic mass is 19.1. The monoisotopic (exact) mass is 272 g/mol. The number of anilines is 1. The molecule has 20 heavy (non-hydrogen) atoms. The maximum Gasteiger partial charge on any atom is 0.123 e. The summed E-state index contributed by atoms with van der Waals surface area (Å²) >= 11 is 0. The Morgan fingerprint density at radius 2 is 1.65 bits per heavy atom. The van der Waals surface area contributed by atoms with Crippen LogP contribution in [0.4, 0.5) is 10.1 Å². The Balaban J connectivity index is 2.20. The van der Waals surface area contributed by atoms with Crippen LogP contribution in [0.1, 0.15) is 18.1 Å². The second-order valence-electron chi connectivity index (χ2n) is 4.80. The lowest BCUT2D eigenvalue weighted by atomic mass is 10.0. The molecule has 2 aromatic carbocycles. The maximum absolute atomic E-state index is 13.0. The van der Waals surface area contributed by atoms with Crippen LogP contribution in [0.2, 0.25) is 0 Å². The van der Waals surface area contributed by atoms with E-state index in [0.29, 0.717) is 6.54 Å². The van der Waals surface area contributed by atoms with Gasteiger partial charge in [0, 0.05) is 18.8 Å². The second kappa shape index (κ2) is 7.06. The minimum atomic E-state index is -0.201. The molecule has 0 aliphatic rings. The Morgan fingerprint density at radius 3 is 2.25 bits per heavy atom. The Morgan fingerprint density at radius 1 is 1.00 bits per heavy atom. The molecular formula is C17H21FN2. The molecule has 3 heteroatoms. The van der Waals surface area contributed by atoms with Gasteiger partial charge < -0.3 is 10.6 Å². The molecule has 0 saturated carbocycles. The van der Waals surface area contributed by atoms with Crippen molar-refractivity contribution in [2.75, 3.05) is 18.0 Å². The van der Waals surface area contributed by atoms with Crippen LogP contribution in [-0.4, -0.2) is 13.1 Å². The lowest BCUT2D eigenvalue weighted by molar-refractivity contribution is 0.627. The van der Waals surface area contributed by atoms with Gasteiger partial charge in [0.05, 0.1) is 0 Å². The molecule has 0 atom stereocenters. The molecule has 0 aromatic heterocycles. The van der Waals surface area contributed by atoms with Crippen molar-refractivity contribution in [3.8, 4) is 0 Å². The summed E-state index contributed by atoms with van der Waals surface area (Å²) in [6, 6.07) is 15.0. The summed E-state index contributed by atoms with van der Waals surface area (Å²) in [4.78, 5) is 2.23. The molecule has 0 unspecified atom stereocenters. The highest BCUT2D eigenvalue weighted by molar-refractivity contribution is 5.47. The van der Waals surface area contributed by atoms with Gasteiger partial charge in [0.25, 0.3) is 0 Å². The zero-order valence-corrected chi connectivity index (χ0v) is 11.8. The molecule has 0 saturated heterocycles. The molecule has 0 radical (unpaired) electrons. The number of hydrogen-bond acceptors (Lipinski definition) is 2. The first-order valence-electron chi connectivity index (χ1n) is 7.02. The summed E-state index contributed by atoms with van der Waals surface area (Å²) in [5, 5.41) is 0. The summed E-state index contributed by atoms with van der Waals surface area (Å²) in [7, 11) is 0. The Kier molecular flexibility index (Phi) is 5.13. The van der Waals surface area contributed by atoms with Crippen molar-refractivity contribution in [1.29, 1.82) is 0 Å². The van der Waals surface area contributed by atoms with Gasteiger partial charge in [-0.3, -0.25) is 0 Å². The van der Waals surface area contributed by atoms with Crippen LogP contribution in [0.15, 0.2) is 48.5 Å². The third-order valence-corrected chi connectivity index (χ3v) is 3.47. The molecule has 0 heterocycles. The van der Waals surface area contributed by atoms with E-state index >= 15 is 0 Å². The molecule has 2 rings (SSSR count). The van der Waals surface area contributed by atoms with Crippen molar-refractivity contribution in [1.82, 2.24) is 0 Å². The molecule has 0 aliphatic heterocycles. The van der Waals surface area contributed by atoms with E-state index in [1.54, 1.807) is 0 Å². The molecular weight excluding hydrogens is 251 g/mol. The van der Waals surface area contributed by atoms with Crippen LogP contribution in [-0.2, 0) is 13.0 Å². The van der Waals surface area contributed by atoms with Crippen molar-refractivity contribution < 1.29 is 4.39 Å². The fraction of sp³-hybridized carbons (Fsp3) is 0.294. The second-order valence-corrected chi connectivity index (χ2v) is 4.80. The van der Waals surface area contributed by atoms with Crippen LogP contribution in [0.25, 0.3) is 0 Å². The highest BCUT2D eigenvalue weighted by Gasteiger charge is 2.08. The molecule has 106 valence electrons. The number of rotatable bonds is 6. The van der Waals surface area contributed by atoms with E-state index in [0.717, 1.165) is 25.2 Å². The van der Waals surface area contributed by atoms with Gasteiger partial charge in [0.2, 0.25) is 0 Å². The van der Waals surface area contributed by atoms with Crippen LogP contribution in [0.5, 0.6) is 0 Å². The summed E-state index contributed by atoms with van der Waals surface area (Å²) in [5.41, 5.74) is 9.27. The van der Waals surface area contributed by atoms with Crippen molar-refractivity contribution in [2.24, 2.45) is 5.73 Å². The average molecular weight is 272 g/mol. The number of halogens is 1. The van der Waals surface area contributed by atoms with E-state index in [2.05, 4.69) is 24.0 Å². The predicted octanol–water partition coefficient (Wildman–Crippen LogP) is 3.35. The van der Waals surface area contributed by atoms with Gasteiger partial charge in [-0.25, -0.2) is 4.39 Å². The molecule has 0 aliphatic carbocycles. The summed E-state index contributed by atoms with van der Waals surface area (Å²) in [5.74, 6) is -0.201. The van der Waals surface area contributed by atoms with E-state index < -0.39 is 0 Å². The van der Waals surface area contributed by atoms with Crippen LogP contribution in [0, 0.1) is 5.82 Å². The van der Waals surface area contributed by atoms with Gasteiger partial charge in [-0.2, -0.15) is 0 Å². The van der Waals surface area contributed by atoms with E-state index in [1.807, 2.05) is 24.3 Å². The summed E-state index contributed by atoms with van der Waals surface area (Å²) < 4.78 is 13.0. The van der Waals surface area contributed by atoms with Crippen molar-refractivity contribution >= 4 is 5.69 Å². The average Bonchev–Trinajstić information content (AvgIpc) is 2.48. The zero-order chi connectivity index (χ0) is 14.4. The number of nitrogens with zero attached hydrogens (tertiary/aromatic N) is 1. The third kappa shape index (κ3) is 3.58. The van der Waals surface area contributed by atoms with Crippen LogP contribution in [0.3, 0.4) is 0 Å². The van der Waals surface area contributed by atoms with E-state index in [4.69, 9.17) is 5.73 Å². The normalized spacial score (nSPS) is 10.6. The number of benzene rings is 2. The van der Waals surface area contributed by atoms with Gasteiger partial charge in [0.15, 0.2) is 0 Å². The molecule has 0 spiro atoms. The lowest BCUT2D eigenvalue weighted by Gasteiger charge is -2.24.